The van der Waals surface area contributed by atoms with Gasteiger partial charge in [-0.05, 0) is 23.3 Å². The minimum Gasteiger partial charge on any atom is -0.305 e. The van der Waals surface area contributed by atoms with Crippen LogP contribution in [0.4, 0.5) is 5.69 Å². The van der Waals surface area contributed by atoms with Crippen molar-refractivity contribution in [2.24, 2.45) is 0 Å². The van der Waals surface area contributed by atoms with Crippen LogP contribution in [0.25, 0.3) is 11.1 Å². The van der Waals surface area contributed by atoms with E-state index in [1.54, 1.807) is 11.0 Å². The molecular formula is C16H13NO. The van der Waals surface area contributed by atoms with E-state index in [1.165, 1.54) is 11.1 Å². The molecule has 0 radical (unpaired) electrons. The molecule has 88 valence electrons. The summed E-state index contributed by atoms with van der Waals surface area (Å²) in [6.45, 7) is 0.670. The van der Waals surface area contributed by atoms with Crippen molar-refractivity contribution in [3.63, 3.8) is 0 Å². The average Bonchev–Trinajstić information content (AvgIpc) is 2.86. The second-order valence-corrected chi connectivity index (χ2v) is 4.26. The molecule has 0 aliphatic carbocycles. The molecule has 0 spiro atoms. The summed E-state index contributed by atoms with van der Waals surface area (Å²) in [5.74, 6) is 0.0578. The van der Waals surface area contributed by atoms with Gasteiger partial charge in [0.1, 0.15) is 0 Å². The van der Waals surface area contributed by atoms with Crippen molar-refractivity contribution in [3.8, 4) is 11.1 Å². The highest BCUT2D eigenvalue weighted by Gasteiger charge is 2.16. The van der Waals surface area contributed by atoms with E-state index >= 15 is 0 Å². The van der Waals surface area contributed by atoms with E-state index < -0.39 is 0 Å². The molecule has 0 bridgehead atoms. The van der Waals surface area contributed by atoms with Crippen LogP contribution in [0.5, 0.6) is 0 Å². The Labute approximate surface area is 106 Å². The number of nitrogens with zero attached hydrogens (tertiary/aromatic N) is 1. The van der Waals surface area contributed by atoms with Gasteiger partial charge in [0, 0.05) is 18.3 Å². The molecule has 2 nitrogen and oxygen atoms in total. The van der Waals surface area contributed by atoms with Crippen molar-refractivity contribution in [1.82, 2.24) is 0 Å². The molecule has 2 aromatic carbocycles. The Morgan fingerprint density at radius 1 is 0.833 bits per heavy atom. The van der Waals surface area contributed by atoms with Gasteiger partial charge in [-0.15, -0.1) is 0 Å². The summed E-state index contributed by atoms with van der Waals surface area (Å²) in [6, 6.07) is 18.3. The van der Waals surface area contributed by atoms with Crippen molar-refractivity contribution < 1.29 is 4.79 Å². The summed E-state index contributed by atoms with van der Waals surface area (Å²) >= 11 is 0. The van der Waals surface area contributed by atoms with Gasteiger partial charge in [0.15, 0.2) is 0 Å². The fraction of sp³-hybridized carbons (Fsp3) is 0.0625. The maximum Gasteiger partial charge on any atom is 0.251 e. The molecule has 0 atom stereocenters. The summed E-state index contributed by atoms with van der Waals surface area (Å²) in [5.41, 5.74) is 3.30. The monoisotopic (exact) mass is 235 g/mol. The zero-order valence-corrected chi connectivity index (χ0v) is 9.91. The maximum absolute atomic E-state index is 11.6. The molecule has 1 aliphatic heterocycles. The molecule has 0 unspecified atom stereocenters. The van der Waals surface area contributed by atoms with E-state index in [1.807, 2.05) is 36.4 Å². The average molecular weight is 235 g/mol. The smallest absolute Gasteiger partial charge is 0.251 e. The minimum atomic E-state index is 0.0578. The number of carbonyl (C=O) groups is 1. The maximum atomic E-state index is 11.6. The minimum absolute atomic E-state index is 0.0578. The standard InChI is InChI=1S/C16H13NO/c18-16-7-4-12-17(16)15-10-8-14(9-11-15)13-5-2-1-3-6-13/h1-11H,12H2. The summed E-state index contributed by atoms with van der Waals surface area (Å²) in [4.78, 5) is 13.3. The lowest BCUT2D eigenvalue weighted by atomic mass is 10.1. The SMILES string of the molecule is O=C1C=CCN1c1ccc(-c2ccccc2)cc1. The van der Waals surface area contributed by atoms with Crippen molar-refractivity contribution in [3.05, 3.63) is 66.7 Å². The highest BCUT2D eigenvalue weighted by atomic mass is 16.2. The molecule has 0 aromatic heterocycles. The molecule has 0 saturated heterocycles. The number of rotatable bonds is 2. The van der Waals surface area contributed by atoms with E-state index in [4.69, 9.17) is 0 Å². The molecule has 1 amide bonds. The van der Waals surface area contributed by atoms with Gasteiger partial charge in [-0.25, -0.2) is 0 Å². The number of amides is 1. The lowest BCUT2D eigenvalue weighted by Crippen LogP contribution is -2.24. The summed E-state index contributed by atoms with van der Waals surface area (Å²) in [5, 5.41) is 0. The lowest BCUT2D eigenvalue weighted by molar-refractivity contribution is -0.113. The van der Waals surface area contributed by atoms with Crippen molar-refractivity contribution in [2.45, 2.75) is 0 Å². The van der Waals surface area contributed by atoms with Gasteiger partial charge < -0.3 is 4.90 Å². The van der Waals surface area contributed by atoms with Crippen LogP contribution in [-0.2, 0) is 4.79 Å². The van der Waals surface area contributed by atoms with Gasteiger partial charge in [0.25, 0.3) is 5.91 Å². The number of hydrogen-bond donors (Lipinski definition) is 0. The predicted molar refractivity (Wildman–Crippen MR) is 73.4 cm³/mol. The molecule has 3 rings (SSSR count). The van der Waals surface area contributed by atoms with Crippen LogP contribution in [0.1, 0.15) is 0 Å². The van der Waals surface area contributed by atoms with E-state index in [0.717, 1.165) is 5.69 Å². The van der Waals surface area contributed by atoms with E-state index in [0.29, 0.717) is 6.54 Å². The zero-order valence-electron chi connectivity index (χ0n) is 9.91. The van der Waals surface area contributed by atoms with Crippen LogP contribution >= 0.6 is 0 Å². The molecule has 18 heavy (non-hydrogen) atoms. The first-order chi connectivity index (χ1) is 8.84. The first-order valence-electron chi connectivity index (χ1n) is 5.98. The highest BCUT2D eigenvalue weighted by molar-refractivity contribution is 6.04. The Kier molecular flexibility index (Phi) is 2.69. The fourth-order valence-corrected chi connectivity index (χ4v) is 2.14. The Bertz CT molecular complexity index is 584. The zero-order chi connectivity index (χ0) is 12.4. The molecular weight excluding hydrogens is 222 g/mol. The fourth-order valence-electron chi connectivity index (χ4n) is 2.14. The first-order valence-corrected chi connectivity index (χ1v) is 5.98. The first kappa shape index (κ1) is 10.8. The van der Waals surface area contributed by atoms with Crippen LogP contribution in [0.3, 0.4) is 0 Å². The Balaban J connectivity index is 1.88. The third kappa shape index (κ3) is 1.93. The summed E-state index contributed by atoms with van der Waals surface area (Å²) in [6.07, 6.45) is 3.50. The molecule has 1 aliphatic rings. The van der Waals surface area contributed by atoms with Gasteiger partial charge in [0.05, 0.1) is 0 Å². The number of carbonyl (C=O) groups excluding carboxylic acids is 1. The Morgan fingerprint density at radius 2 is 1.50 bits per heavy atom. The van der Waals surface area contributed by atoms with Gasteiger partial charge in [0.2, 0.25) is 0 Å². The number of hydrogen-bond acceptors (Lipinski definition) is 1. The van der Waals surface area contributed by atoms with E-state index in [-0.39, 0.29) is 5.91 Å². The molecule has 1 heterocycles. The highest BCUT2D eigenvalue weighted by Crippen LogP contribution is 2.24. The Hall–Kier alpha value is -2.35. The molecule has 2 aromatic rings. The van der Waals surface area contributed by atoms with Crippen LogP contribution in [0, 0.1) is 0 Å². The van der Waals surface area contributed by atoms with Crippen molar-refractivity contribution in [2.75, 3.05) is 11.4 Å². The third-order valence-electron chi connectivity index (χ3n) is 3.10. The van der Waals surface area contributed by atoms with Crippen LogP contribution in [0.15, 0.2) is 66.7 Å². The molecule has 0 saturated carbocycles. The Morgan fingerprint density at radius 3 is 2.11 bits per heavy atom. The van der Waals surface area contributed by atoms with Gasteiger partial charge in [-0.3, -0.25) is 4.79 Å². The van der Waals surface area contributed by atoms with Gasteiger partial charge in [-0.2, -0.15) is 0 Å². The second-order valence-electron chi connectivity index (χ2n) is 4.26. The second kappa shape index (κ2) is 4.49. The number of benzene rings is 2. The molecule has 2 heteroatoms. The summed E-state index contributed by atoms with van der Waals surface area (Å²) < 4.78 is 0. The van der Waals surface area contributed by atoms with Crippen molar-refractivity contribution in [1.29, 1.82) is 0 Å². The quantitative estimate of drug-likeness (QED) is 0.782. The van der Waals surface area contributed by atoms with Crippen LogP contribution in [0.2, 0.25) is 0 Å². The van der Waals surface area contributed by atoms with Crippen molar-refractivity contribution >= 4 is 11.6 Å². The summed E-state index contributed by atoms with van der Waals surface area (Å²) in [7, 11) is 0. The molecule has 0 fully saturated rings. The van der Waals surface area contributed by atoms with E-state index in [9.17, 15) is 4.79 Å². The third-order valence-corrected chi connectivity index (χ3v) is 3.10. The normalized spacial score (nSPS) is 14.2. The van der Waals surface area contributed by atoms with Crippen LogP contribution < -0.4 is 4.90 Å². The number of anilines is 1. The van der Waals surface area contributed by atoms with Gasteiger partial charge >= 0.3 is 0 Å². The van der Waals surface area contributed by atoms with E-state index in [2.05, 4.69) is 24.3 Å². The molecule has 0 N–H and O–H groups in total. The topological polar surface area (TPSA) is 20.3 Å². The van der Waals surface area contributed by atoms with Gasteiger partial charge in [-0.1, -0.05) is 48.5 Å². The predicted octanol–water partition coefficient (Wildman–Crippen LogP) is 3.26. The van der Waals surface area contributed by atoms with Crippen LogP contribution in [-0.4, -0.2) is 12.5 Å². The lowest BCUT2D eigenvalue weighted by Gasteiger charge is -2.15. The largest absolute Gasteiger partial charge is 0.305 e.